The minimum absolute atomic E-state index is 0.0928. The van der Waals surface area contributed by atoms with Crippen molar-refractivity contribution in [2.24, 2.45) is 0 Å². The Morgan fingerprint density at radius 3 is 1.50 bits per heavy atom. The standard InChI is InChI=1S/C16H38O4Si2/c1-12(2)22(13(3)4,14(5)6)20-18-16(11-17)15(7)19-21(8,9)10/h12-17H,11H2,1-10H3/t15-,16+/m1/s1. The minimum Gasteiger partial charge on any atom is -0.412 e. The lowest BCUT2D eigenvalue weighted by atomic mass is 10.2. The summed E-state index contributed by atoms with van der Waals surface area (Å²) in [6.07, 6.45) is -0.607. The summed E-state index contributed by atoms with van der Waals surface area (Å²) in [5, 5.41) is 9.65. The van der Waals surface area contributed by atoms with Gasteiger partial charge in [0.1, 0.15) is 6.10 Å². The summed E-state index contributed by atoms with van der Waals surface area (Å²) in [5.74, 6) is 0. The van der Waals surface area contributed by atoms with Gasteiger partial charge in [0.25, 0.3) is 0 Å². The molecule has 1 N–H and O–H groups in total. The molecule has 0 aliphatic heterocycles. The Balaban J connectivity index is 5.02. The van der Waals surface area contributed by atoms with Gasteiger partial charge in [0, 0.05) is 0 Å². The predicted octanol–water partition coefficient (Wildman–Crippen LogP) is 4.71. The molecule has 2 atom stereocenters. The molecule has 134 valence electrons. The minimum atomic E-state index is -2.09. The van der Waals surface area contributed by atoms with Gasteiger partial charge in [-0.25, -0.2) is 4.89 Å². The fourth-order valence-electron chi connectivity index (χ4n) is 3.32. The maximum atomic E-state index is 9.65. The van der Waals surface area contributed by atoms with Crippen LogP contribution in [0.15, 0.2) is 0 Å². The van der Waals surface area contributed by atoms with Crippen LogP contribution in [0, 0.1) is 0 Å². The van der Waals surface area contributed by atoms with Crippen LogP contribution in [0.1, 0.15) is 48.5 Å². The molecular weight excluding hydrogens is 312 g/mol. The molecule has 0 aliphatic rings. The Morgan fingerprint density at radius 2 is 1.23 bits per heavy atom. The monoisotopic (exact) mass is 350 g/mol. The molecule has 0 heterocycles. The Morgan fingerprint density at radius 1 is 0.818 bits per heavy atom. The molecule has 0 fully saturated rings. The summed E-state index contributed by atoms with van der Waals surface area (Å²) < 4.78 is 12.1. The maximum absolute atomic E-state index is 9.65. The zero-order valence-corrected chi connectivity index (χ0v) is 18.3. The maximum Gasteiger partial charge on any atom is 0.246 e. The van der Waals surface area contributed by atoms with Crippen molar-refractivity contribution in [3.8, 4) is 0 Å². The summed E-state index contributed by atoms with van der Waals surface area (Å²) in [7, 11) is -3.76. The molecule has 22 heavy (non-hydrogen) atoms. The lowest BCUT2D eigenvalue weighted by Gasteiger charge is -2.41. The van der Waals surface area contributed by atoms with E-state index in [1.165, 1.54) is 0 Å². The van der Waals surface area contributed by atoms with Gasteiger partial charge in [-0.05, 0) is 43.2 Å². The van der Waals surface area contributed by atoms with Crippen molar-refractivity contribution in [2.75, 3.05) is 6.61 Å². The quantitative estimate of drug-likeness (QED) is 0.352. The van der Waals surface area contributed by atoms with Crippen LogP contribution in [0.5, 0.6) is 0 Å². The highest BCUT2D eigenvalue weighted by Gasteiger charge is 2.47. The summed E-state index contributed by atoms with van der Waals surface area (Å²) in [6, 6.07) is 0. The molecule has 0 rings (SSSR count). The fraction of sp³-hybridized carbons (Fsp3) is 1.00. The summed E-state index contributed by atoms with van der Waals surface area (Å²) in [5.41, 5.74) is 1.33. The van der Waals surface area contributed by atoms with Crippen molar-refractivity contribution in [2.45, 2.75) is 96.9 Å². The first-order valence-electron chi connectivity index (χ1n) is 8.51. The van der Waals surface area contributed by atoms with Gasteiger partial charge in [-0.2, -0.15) is 0 Å². The Hall–Kier alpha value is 0.274. The van der Waals surface area contributed by atoms with E-state index in [1.807, 2.05) is 6.92 Å². The van der Waals surface area contributed by atoms with Crippen molar-refractivity contribution in [3.05, 3.63) is 0 Å². The number of hydrogen-bond acceptors (Lipinski definition) is 4. The van der Waals surface area contributed by atoms with E-state index >= 15 is 0 Å². The van der Waals surface area contributed by atoms with Crippen LogP contribution in [-0.2, 0) is 13.9 Å². The van der Waals surface area contributed by atoms with Crippen molar-refractivity contribution >= 4 is 16.6 Å². The molecule has 0 spiro atoms. The first kappa shape index (κ1) is 22.3. The van der Waals surface area contributed by atoms with Gasteiger partial charge in [-0.3, -0.25) is 4.58 Å². The largest absolute Gasteiger partial charge is 0.412 e. The van der Waals surface area contributed by atoms with Crippen LogP contribution in [0.3, 0.4) is 0 Å². The molecule has 0 aliphatic carbocycles. The van der Waals surface area contributed by atoms with Gasteiger partial charge >= 0.3 is 0 Å². The topological polar surface area (TPSA) is 47.9 Å². The summed E-state index contributed by atoms with van der Waals surface area (Å²) in [6.45, 7) is 21.5. The fourth-order valence-corrected chi connectivity index (χ4v) is 9.46. The second-order valence-electron chi connectivity index (χ2n) is 8.15. The molecule has 4 nitrogen and oxygen atoms in total. The molecule has 0 aromatic heterocycles. The van der Waals surface area contributed by atoms with Crippen molar-refractivity contribution in [3.63, 3.8) is 0 Å². The van der Waals surface area contributed by atoms with E-state index in [4.69, 9.17) is 13.9 Å². The second kappa shape index (κ2) is 8.94. The Bertz CT molecular complexity index is 292. The second-order valence-corrected chi connectivity index (χ2v) is 18.0. The number of rotatable bonds is 10. The SMILES string of the molecule is CC(C)[Si](OO[C@@H](CO)[C@@H](C)O[Si](C)(C)C)(C(C)C)C(C)C. The molecule has 0 aromatic rings. The molecule has 0 aromatic carbocycles. The van der Waals surface area contributed by atoms with E-state index in [0.717, 1.165) is 0 Å². The average Bonchev–Trinajstić information content (AvgIpc) is 2.30. The average molecular weight is 351 g/mol. The van der Waals surface area contributed by atoms with E-state index in [1.54, 1.807) is 0 Å². The zero-order valence-electron chi connectivity index (χ0n) is 16.3. The van der Waals surface area contributed by atoms with E-state index in [-0.39, 0.29) is 12.7 Å². The predicted molar refractivity (Wildman–Crippen MR) is 98.0 cm³/mol. The van der Waals surface area contributed by atoms with E-state index in [0.29, 0.717) is 16.6 Å². The highest BCUT2D eigenvalue weighted by Crippen LogP contribution is 2.42. The van der Waals surface area contributed by atoms with Crippen LogP contribution in [0.2, 0.25) is 36.3 Å². The molecule has 0 bridgehead atoms. The summed E-state index contributed by atoms with van der Waals surface area (Å²) >= 11 is 0. The third-order valence-electron chi connectivity index (χ3n) is 4.27. The lowest BCUT2D eigenvalue weighted by molar-refractivity contribution is -0.282. The van der Waals surface area contributed by atoms with E-state index in [9.17, 15) is 5.11 Å². The van der Waals surface area contributed by atoms with Gasteiger partial charge in [0.15, 0.2) is 8.32 Å². The van der Waals surface area contributed by atoms with E-state index < -0.39 is 22.7 Å². The molecule has 0 amide bonds. The first-order chi connectivity index (χ1) is 9.88. The molecule has 0 radical (unpaired) electrons. The Kier molecular flexibility index (Phi) is 9.05. The van der Waals surface area contributed by atoms with Gasteiger partial charge in [0.2, 0.25) is 8.32 Å². The molecule has 0 unspecified atom stereocenters. The third-order valence-corrected chi connectivity index (χ3v) is 11.1. The third kappa shape index (κ3) is 6.05. The number of aliphatic hydroxyl groups is 1. The van der Waals surface area contributed by atoms with Crippen molar-refractivity contribution < 1.29 is 19.0 Å². The number of hydrogen-bond donors (Lipinski definition) is 1. The number of aliphatic hydroxyl groups excluding tert-OH is 1. The van der Waals surface area contributed by atoms with Crippen molar-refractivity contribution in [1.29, 1.82) is 0 Å². The van der Waals surface area contributed by atoms with E-state index in [2.05, 4.69) is 61.2 Å². The van der Waals surface area contributed by atoms with Crippen LogP contribution in [0.4, 0.5) is 0 Å². The highest BCUT2D eigenvalue weighted by atomic mass is 28.4. The van der Waals surface area contributed by atoms with Gasteiger partial charge in [-0.1, -0.05) is 41.5 Å². The Labute approximate surface area is 139 Å². The molecule has 6 heteroatoms. The molecular formula is C16H38O4Si2. The van der Waals surface area contributed by atoms with Crippen LogP contribution < -0.4 is 0 Å². The highest BCUT2D eigenvalue weighted by molar-refractivity contribution is 6.77. The molecule has 0 saturated heterocycles. The van der Waals surface area contributed by atoms with Crippen molar-refractivity contribution in [1.82, 2.24) is 0 Å². The van der Waals surface area contributed by atoms with Crippen LogP contribution in [0.25, 0.3) is 0 Å². The van der Waals surface area contributed by atoms with Gasteiger partial charge in [-0.15, -0.1) is 0 Å². The smallest absolute Gasteiger partial charge is 0.246 e. The van der Waals surface area contributed by atoms with Crippen LogP contribution >= 0.6 is 0 Å². The van der Waals surface area contributed by atoms with Gasteiger partial charge in [0.05, 0.1) is 12.7 Å². The summed E-state index contributed by atoms with van der Waals surface area (Å²) in [4.78, 5) is 5.76. The first-order valence-corrected chi connectivity index (χ1v) is 14.1. The normalized spacial score (nSPS) is 16.6. The molecule has 0 saturated carbocycles. The van der Waals surface area contributed by atoms with Crippen LogP contribution in [-0.4, -0.2) is 40.6 Å². The zero-order chi connectivity index (χ0) is 17.7. The lowest BCUT2D eigenvalue weighted by Crippen LogP contribution is -2.50. The van der Waals surface area contributed by atoms with Gasteiger partial charge < -0.3 is 9.53 Å².